The molecule has 2 saturated heterocycles. The first-order chi connectivity index (χ1) is 8.97. The Hall–Kier alpha value is -0.273. The molecule has 0 radical (unpaired) electrons. The molecule has 4 atom stereocenters. The molecule has 0 aliphatic carbocycles. The van der Waals surface area contributed by atoms with Gasteiger partial charge in [-0.25, -0.2) is 0 Å². The van der Waals surface area contributed by atoms with Crippen molar-refractivity contribution in [2.75, 3.05) is 0 Å². The molecule has 0 aromatic carbocycles. The number of carbonyl (C=O) groups excluding carboxylic acids is 1. The molecule has 2 aliphatic rings. The van der Waals surface area contributed by atoms with E-state index in [1.807, 2.05) is 13.8 Å². The van der Waals surface area contributed by atoms with Crippen LogP contribution in [-0.4, -0.2) is 45.0 Å². The normalized spacial score (nSPS) is 37.0. The summed E-state index contributed by atoms with van der Waals surface area (Å²) in [4.78, 5) is 11.2. The van der Waals surface area contributed by atoms with Gasteiger partial charge in [-0.1, -0.05) is 20.8 Å². The zero-order chi connectivity index (χ0) is 15.3. The van der Waals surface area contributed by atoms with E-state index in [0.29, 0.717) is 0 Å². The summed E-state index contributed by atoms with van der Waals surface area (Å²) >= 11 is 0. The summed E-state index contributed by atoms with van der Waals surface area (Å²) < 4.78 is 23.5. The molecule has 0 amide bonds. The van der Waals surface area contributed by atoms with E-state index in [9.17, 15) is 4.79 Å². The molecule has 6 heteroatoms. The van der Waals surface area contributed by atoms with Crippen LogP contribution in [0.3, 0.4) is 0 Å². The number of fused-ring (bicyclic) bond motifs is 1. The lowest BCUT2D eigenvalue weighted by Crippen LogP contribution is -2.50. The molecular weight excluding hydrogens is 276 g/mol. The van der Waals surface area contributed by atoms with Gasteiger partial charge in [0.15, 0.2) is 26.7 Å². The van der Waals surface area contributed by atoms with E-state index in [4.69, 9.17) is 18.6 Å². The van der Waals surface area contributed by atoms with Crippen LogP contribution < -0.4 is 0 Å². The van der Waals surface area contributed by atoms with Crippen molar-refractivity contribution in [1.82, 2.24) is 0 Å². The summed E-state index contributed by atoms with van der Waals surface area (Å²) in [5, 5.41) is 0.0630. The van der Waals surface area contributed by atoms with Crippen LogP contribution in [0.4, 0.5) is 0 Å². The van der Waals surface area contributed by atoms with E-state index in [-0.39, 0.29) is 17.2 Å². The first-order valence-corrected chi connectivity index (χ1v) is 10.0. The molecule has 0 unspecified atom stereocenters. The van der Waals surface area contributed by atoms with E-state index in [1.165, 1.54) is 0 Å². The van der Waals surface area contributed by atoms with E-state index < -0.39 is 26.5 Å². The molecule has 0 aromatic heterocycles. The first-order valence-electron chi connectivity index (χ1n) is 7.11. The van der Waals surface area contributed by atoms with Crippen molar-refractivity contribution in [2.45, 2.75) is 83.1 Å². The second-order valence-corrected chi connectivity index (χ2v) is 12.3. The van der Waals surface area contributed by atoms with E-state index in [1.54, 1.807) is 0 Å². The number of ether oxygens (including phenoxy) is 3. The molecule has 0 aromatic rings. The van der Waals surface area contributed by atoms with Gasteiger partial charge in [0.05, 0.1) is 0 Å². The highest BCUT2D eigenvalue weighted by molar-refractivity contribution is 6.74. The number of carbonyl (C=O) groups is 1. The van der Waals surface area contributed by atoms with Crippen molar-refractivity contribution in [1.29, 1.82) is 0 Å². The predicted molar refractivity (Wildman–Crippen MR) is 76.8 cm³/mol. The number of hydrogen-bond acceptors (Lipinski definition) is 5. The Morgan fingerprint density at radius 2 is 1.80 bits per heavy atom. The molecule has 0 bridgehead atoms. The Morgan fingerprint density at radius 3 is 2.30 bits per heavy atom. The molecule has 0 spiro atoms. The molecule has 2 rings (SSSR count). The average Bonchev–Trinajstić information content (AvgIpc) is 2.70. The summed E-state index contributed by atoms with van der Waals surface area (Å²) in [5.41, 5.74) is 0. The molecule has 2 aliphatic heterocycles. The summed E-state index contributed by atoms with van der Waals surface area (Å²) in [5.74, 6) is -0.696. The van der Waals surface area contributed by atoms with Crippen molar-refractivity contribution < 1.29 is 23.4 Å². The fourth-order valence-corrected chi connectivity index (χ4v) is 3.57. The van der Waals surface area contributed by atoms with Crippen LogP contribution in [-0.2, 0) is 23.4 Å². The summed E-state index contributed by atoms with van der Waals surface area (Å²) in [6, 6.07) is 0. The van der Waals surface area contributed by atoms with Crippen molar-refractivity contribution >= 4 is 14.6 Å². The summed E-state index contributed by atoms with van der Waals surface area (Å²) in [7, 11) is -2.01. The smallest absolute Gasteiger partial charge is 0.192 e. The van der Waals surface area contributed by atoms with Gasteiger partial charge in [0.2, 0.25) is 0 Å². The van der Waals surface area contributed by atoms with Gasteiger partial charge >= 0.3 is 0 Å². The van der Waals surface area contributed by atoms with E-state index in [2.05, 4.69) is 33.9 Å². The molecule has 5 nitrogen and oxygen atoms in total. The van der Waals surface area contributed by atoms with Crippen molar-refractivity contribution in [3.8, 4) is 0 Å². The minimum absolute atomic E-state index is 0.0630. The van der Waals surface area contributed by atoms with Crippen LogP contribution in [0.5, 0.6) is 0 Å². The third-order valence-corrected chi connectivity index (χ3v) is 8.87. The van der Waals surface area contributed by atoms with Gasteiger partial charge < -0.3 is 23.4 Å². The zero-order valence-electron chi connectivity index (χ0n) is 13.4. The molecule has 2 fully saturated rings. The van der Waals surface area contributed by atoms with Gasteiger partial charge in [-0.3, -0.25) is 0 Å². The van der Waals surface area contributed by atoms with Gasteiger partial charge in [-0.2, -0.15) is 0 Å². The van der Waals surface area contributed by atoms with Crippen LogP contribution >= 0.6 is 0 Å². The Labute approximate surface area is 122 Å². The lowest BCUT2D eigenvalue weighted by Gasteiger charge is -2.39. The molecule has 2 heterocycles. The van der Waals surface area contributed by atoms with Crippen molar-refractivity contribution in [2.24, 2.45) is 0 Å². The maximum absolute atomic E-state index is 11.2. The van der Waals surface area contributed by atoms with Gasteiger partial charge in [0, 0.05) is 0 Å². The number of rotatable bonds is 3. The predicted octanol–water partition coefficient (Wildman–Crippen LogP) is 2.45. The van der Waals surface area contributed by atoms with Gasteiger partial charge in [-0.15, -0.1) is 0 Å². The van der Waals surface area contributed by atoms with Crippen LogP contribution in [0.15, 0.2) is 0 Å². The number of hydrogen-bond donors (Lipinski definition) is 0. The fraction of sp³-hybridized carbons (Fsp3) is 0.929. The third-order valence-electron chi connectivity index (χ3n) is 4.40. The third kappa shape index (κ3) is 2.85. The summed E-state index contributed by atoms with van der Waals surface area (Å²) in [6.07, 6.45) is -1.07. The van der Waals surface area contributed by atoms with Gasteiger partial charge in [0.1, 0.15) is 18.3 Å². The van der Waals surface area contributed by atoms with Crippen LogP contribution in [0.2, 0.25) is 18.1 Å². The highest BCUT2D eigenvalue weighted by atomic mass is 28.4. The van der Waals surface area contributed by atoms with Crippen molar-refractivity contribution in [3.05, 3.63) is 0 Å². The minimum Gasteiger partial charge on any atom is -0.408 e. The summed E-state index contributed by atoms with van der Waals surface area (Å²) in [6.45, 7) is 14.5. The van der Waals surface area contributed by atoms with Crippen LogP contribution in [0, 0.1) is 0 Å². The molecule has 20 heavy (non-hydrogen) atoms. The minimum atomic E-state index is -2.01. The Morgan fingerprint density at radius 1 is 1.20 bits per heavy atom. The maximum Gasteiger partial charge on any atom is 0.192 e. The lowest BCUT2D eigenvalue weighted by molar-refractivity contribution is -0.211. The average molecular weight is 302 g/mol. The number of aldehydes is 1. The second kappa shape index (κ2) is 4.88. The van der Waals surface area contributed by atoms with E-state index >= 15 is 0 Å². The van der Waals surface area contributed by atoms with Crippen LogP contribution in [0.25, 0.3) is 0 Å². The maximum atomic E-state index is 11.2. The van der Waals surface area contributed by atoms with E-state index in [0.717, 1.165) is 6.29 Å². The largest absolute Gasteiger partial charge is 0.408 e. The molecule has 116 valence electrons. The quantitative estimate of drug-likeness (QED) is 0.592. The molecule has 0 N–H and O–H groups in total. The first kappa shape index (κ1) is 16.1. The topological polar surface area (TPSA) is 54.0 Å². The second-order valence-electron chi connectivity index (χ2n) is 7.55. The monoisotopic (exact) mass is 302 g/mol. The van der Waals surface area contributed by atoms with Gasteiger partial charge in [-0.05, 0) is 32.0 Å². The zero-order valence-corrected chi connectivity index (χ0v) is 14.4. The Bertz CT molecular complexity index is 388. The fourth-order valence-electron chi connectivity index (χ4n) is 2.26. The molecule has 0 saturated carbocycles. The standard InChI is InChI=1S/C14H26O5Si/c1-13(2,3)20(6,7)19-10-9(8-15)16-12-11(10)17-14(4,5)18-12/h8-12H,1-7H3/t9-,10-,11-,12-/m0/s1. The highest BCUT2D eigenvalue weighted by Gasteiger charge is 2.57. The Kier molecular flexibility index (Phi) is 3.93. The van der Waals surface area contributed by atoms with Gasteiger partial charge in [0.25, 0.3) is 0 Å². The lowest BCUT2D eigenvalue weighted by atomic mass is 10.1. The highest BCUT2D eigenvalue weighted by Crippen LogP contribution is 2.43. The van der Waals surface area contributed by atoms with Crippen molar-refractivity contribution in [3.63, 3.8) is 0 Å². The van der Waals surface area contributed by atoms with Crippen LogP contribution in [0.1, 0.15) is 34.6 Å². The Balaban J connectivity index is 2.18. The SMILES string of the molecule is CC1(C)O[C@@H]2O[C@@H](C=O)[C@H](O[Si](C)(C)C(C)(C)C)[C@@H]2O1. The molecular formula is C14H26O5Si.